The topological polar surface area (TPSA) is 35.5 Å². The van der Waals surface area contributed by atoms with Gasteiger partial charge < -0.3 is 9.47 Å². The van der Waals surface area contributed by atoms with Crippen molar-refractivity contribution in [3.63, 3.8) is 0 Å². The second kappa shape index (κ2) is 3.77. The van der Waals surface area contributed by atoms with E-state index in [0.29, 0.717) is 17.9 Å². The molecule has 0 saturated heterocycles. The van der Waals surface area contributed by atoms with E-state index in [9.17, 15) is 4.79 Å². The molecule has 0 amide bonds. The Labute approximate surface area is 103 Å². The van der Waals surface area contributed by atoms with Crippen molar-refractivity contribution in [3.8, 4) is 11.5 Å². The number of ether oxygens (including phenoxy) is 2. The number of carbonyl (C=O) groups is 1. The van der Waals surface area contributed by atoms with E-state index in [1.54, 1.807) is 20.3 Å². The zero-order chi connectivity index (χ0) is 11.9. The minimum atomic E-state index is -0.493. The maximum atomic E-state index is 12.0. The van der Waals surface area contributed by atoms with Gasteiger partial charge in [0.15, 0.2) is 17.3 Å². The lowest BCUT2D eigenvalue weighted by atomic mass is 10.1. The third-order valence-electron chi connectivity index (χ3n) is 2.85. The highest BCUT2D eigenvalue weighted by Gasteiger charge is 2.40. The lowest BCUT2D eigenvalue weighted by molar-refractivity contribution is 0.0967. The van der Waals surface area contributed by atoms with Crippen LogP contribution in [0.5, 0.6) is 11.5 Å². The van der Waals surface area contributed by atoms with Crippen LogP contribution < -0.4 is 9.47 Å². The number of fused-ring (bicyclic) bond motifs is 1. The molecule has 4 heteroatoms. The van der Waals surface area contributed by atoms with Crippen molar-refractivity contribution in [2.45, 2.75) is 17.7 Å². The van der Waals surface area contributed by atoms with E-state index in [1.165, 1.54) is 0 Å². The summed E-state index contributed by atoms with van der Waals surface area (Å²) in [7, 11) is 3.16. The third kappa shape index (κ3) is 1.61. The fourth-order valence-electron chi connectivity index (χ4n) is 2.00. The van der Waals surface area contributed by atoms with E-state index in [1.807, 2.05) is 13.0 Å². The quantitative estimate of drug-likeness (QED) is 0.783. The molecule has 1 aromatic carbocycles. The molecule has 1 atom stereocenters. The van der Waals surface area contributed by atoms with Crippen LogP contribution in [-0.2, 0) is 6.42 Å². The summed E-state index contributed by atoms with van der Waals surface area (Å²) in [6.45, 7) is 1.88. The molecule has 0 bridgehead atoms. The van der Waals surface area contributed by atoms with Gasteiger partial charge >= 0.3 is 0 Å². The van der Waals surface area contributed by atoms with E-state index in [2.05, 4.69) is 15.9 Å². The number of rotatable bonds is 2. The van der Waals surface area contributed by atoms with Crippen molar-refractivity contribution < 1.29 is 14.3 Å². The van der Waals surface area contributed by atoms with Crippen LogP contribution in [0.3, 0.4) is 0 Å². The maximum Gasteiger partial charge on any atom is 0.179 e. The van der Waals surface area contributed by atoms with Crippen LogP contribution in [0.1, 0.15) is 22.8 Å². The summed E-state index contributed by atoms with van der Waals surface area (Å²) < 4.78 is 9.91. The third-order valence-corrected chi connectivity index (χ3v) is 3.49. The zero-order valence-electron chi connectivity index (χ0n) is 9.46. The Hall–Kier alpha value is -1.03. The molecule has 0 N–H and O–H groups in total. The van der Waals surface area contributed by atoms with Crippen molar-refractivity contribution in [2.24, 2.45) is 0 Å². The fourth-order valence-corrected chi connectivity index (χ4v) is 2.51. The van der Waals surface area contributed by atoms with Crippen molar-refractivity contribution in [1.82, 2.24) is 0 Å². The van der Waals surface area contributed by atoms with Crippen LogP contribution in [0.15, 0.2) is 12.1 Å². The van der Waals surface area contributed by atoms with Crippen molar-refractivity contribution in [1.29, 1.82) is 0 Å². The Morgan fingerprint density at radius 3 is 2.38 bits per heavy atom. The molecular weight excluding hydrogens is 272 g/mol. The van der Waals surface area contributed by atoms with E-state index < -0.39 is 4.32 Å². The monoisotopic (exact) mass is 284 g/mol. The number of ketones is 1. The molecule has 0 heterocycles. The molecule has 1 unspecified atom stereocenters. The second-order valence-corrected chi connectivity index (χ2v) is 5.82. The summed E-state index contributed by atoms with van der Waals surface area (Å²) in [6, 6.07) is 3.63. The average molecular weight is 285 g/mol. The van der Waals surface area contributed by atoms with Gasteiger partial charge in [-0.05, 0) is 31.0 Å². The van der Waals surface area contributed by atoms with Crippen LogP contribution in [0.2, 0.25) is 0 Å². The molecule has 3 nitrogen and oxygen atoms in total. The summed E-state index contributed by atoms with van der Waals surface area (Å²) in [5.74, 6) is 1.36. The minimum Gasteiger partial charge on any atom is -0.493 e. The summed E-state index contributed by atoms with van der Waals surface area (Å²) in [4.78, 5) is 12.0. The number of alkyl halides is 1. The van der Waals surface area contributed by atoms with Gasteiger partial charge in [0.1, 0.15) is 0 Å². The highest BCUT2D eigenvalue weighted by molar-refractivity contribution is 9.10. The predicted octanol–water partition coefficient (Wildman–Crippen LogP) is 2.60. The van der Waals surface area contributed by atoms with E-state index in [-0.39, 0.29) is 5.78 Å². The standard InChI is InChI=1S/C12H13BrO3/c1-12(13)6-7-4-9(15-2)10(16-3)5-8(7)11(12)14/h4-5H,6H2,1-3H3. The first-order valence-corrected chi connectivity index (χ1v) is 5.77. The SMILES string of the molecule is COc1cc2c(cc1OC)C(=O)C(C)(Br)C2. The molecule has 0 radical (unpaired) electrons. The first kappa shape index (κ1) is 11.5. The molecule has 1 aliphatic carbocycles. The predicted molar refractivity (Wildman–Crippen MR) is 64.9 cm³/mol. The number of hydrogen-bond donors (Lipinski definition) is 0. The lowest BCUT2D eigenvalue weighted by Gasteiger charge is -2.10. The molecule has 2 rings (SSSR count). The van der Waals surface area contributed by atoms with Crippen LogP contribution in [0.25, 0.3) is 0 Å². The van der Waals surface area contributed by atoms with Gasteiger partial charge in [-0.2, -0.15) is 0 Å². The van der Waals surface area contributed by atoms with Crippen LogP contribution in [-0.4, -0.2) is 24.3 Å². The van der Waals surface area contributed by atoms with Gasteiger partial charge in [-0.15, -0.1) is 0 Å². The molecule has 0 aliphatic heterocycles. The van der Waals surface area contributed by atoms with Crippen LogP contribution >= 0.6 is 15.9 Å². The maximum absolute atomic E-state index is 12.0. The fraction of sp³-hybridized carbons (Fsp3) is 0.417. The highest BCUT2D eigenvalue weighted by atomic mass is 79.9. The average Bonchev–Trinajstić information content (AvgIpc) is 2.48. The van der Waals surface area contributed by atoms with Gasteiger partial charge in [-0.1, -0.05) is 15.9 Å². The van der Waals surface area contributed by atoms with Crippen LogP contribution in [0.4, 0.5) is 0 Å². The smallest absolute Gasteiger partial charge is 0.179 e. The summed E-state index contributed by atoms with van der Waals surface area (Å²) >= 11 is 3.45. The van der Waals surface area contributed by atoms with Crippen LogP contribution in [0, 0.1) is 0 Å². The first-order chi connectivity index (χ1) is 7.49. The molecule has 1 aliphatic rings. The van der Waals surface area contributed by atoms with Gasteiger partial charge in [0, 0.05) is 5.56 Å². The molecule has 1 aromatic rings. The van der Waals surface area contributed by atoms with Gasteiger partial charge in [0.25, 0.3) is 0 Å². The molecule has 0 saturated carbocycles. The zero-order valence-corrected chi connectivity index (χ0v) is 11.1. The number of benzene rings is 1. The number of hydrogen-bond acceptors (Lipinski definition) is 3. The van der Waals surface area contributed by atoms with Gasteiger partial charge in [-0.3, -0.25) is 4.79 Å². The first-order valence-electron chi connectivity index (χ1n) is 4.98. The summed E-state index contributed by atoms with van der Waals surface area (Å²) in [5, 5.41) is 0. The lowest BCUT2D eigenvalue weighted by Crippen LogP contribution is -2.23. The van der Waals surface area contributed by atoms with Gasteiger partial charge in [0.2, 0.25) is 0 Å². The molecule has 0 aromatic heterocycles. The van der Waals surface area contributed by atoms with E-state index in [0.717, 1.165) is 11.1 Å². The van der Waals surface area contributed by atoms with Crippen molar-refractivity contribution in [3.05, 3.63) is 23.3 Å². The van der Waals surface area contributed by atoms with E-state index >= 15 is 0 Å². The molecule has 16 heavy (non-hydrogen) atoms. The van der Waals surface area contributed by atoms with E-state index in [4.69, 9.17) is 9.47 Å². The Bertz CT molecular complexity index is 452. The van der Waals surface area contributed by atoms with Crippen molar-refractivity contribution in [2.75, 3.05) is 14.2 Å². The second-order valence-electron chi connectivity index (χ2n) is 4.07. The Morgan fingerprint density at radius 2 is 1.81 bits per heavy atom. The largest absolute Gasteiger partial charge is 0.493 e. The summed E-state index contributed by atoms with van der Waals surface area (Å²) in [5.41, 5.74) is 1.72. The normalized spacial score (nSPS) is 23.1. The number of halogens is 1. The number of methoxy groups -OCH3 is 2. The van der Waals surface area contributed by atoms with Gasteiger partial charge in [0.05, 0.1) is 18.5 Å². The molecule has 0 fully saturated rings. The Balaban J connectivity index is 2.56. The number of Topliss-reactive ketones (excluding diaryl/α,β-unsaturated/α-hetero) is 1. The summed E-state index contributed by atoms with van der Waals surface area (Å²) in [6.07, 6.45) is 0.682. The minimum absolute atomic E-state index is 0.100. The Morgan fingerprint density at radius 1 is 1.25 bits per heavy atom. The van der Waals surface area contributed by atoms with Crippen molar-refractivity contribution >= 4 is 21.7 Å². The Kier molecular flexibility index (Phi) is 2.70. The molecular formula is C12H13BrO3. The van der Waals surface area contributed by atoms with Gasteiger partial charge in [-0.25, -0.2) is 0 Å². The number of carbonyl (C=O) groups excluding carboxylic acids is 1. The molecule has 0 spiro atoms. The highest BCUT2D eigenvalue weighted by Crippen LogP contribution is 2.41. The molecule has 86 valence electrons.